The fourth-order valence-electron chi connectivity index (χ4n) is 8.56. The van der Waals surface area contributed by atoms with Gasteiger partial charge in [0.15, 0.2) is 0 Å². The first kappa shape index (κ1) is 28.3. The summed E-state index contributed by atoms with van der Waals surface area (Å²) < 4.78 is 5.77. The van der Waals surface area contributed by atoms with E-state index in [9.17, 15) is 14.7 Å². The topological polar surface area (TPSA) is 78.9 Å². The Morgan fingerprint density at radius 2 is 1.71 bits per heavy atom. The van der Waals surface area contributed by atoms with Crippen LogP contribution in [0.2, 0.25) is 0 Å². The summed E-state index contributed by atoms with van der Waals surface area (Å²) in [5.74, 6) is 0.492. The lowest BCUT2D eigenvalue weighted by Crippen LogP contribution is -2.63. The molecule has 2 N–H and O–H groups in total. The second kappa shape index (κ2) is 10.8. The van der Waals surface area contributed by atoms with Gasteiger partial charge in [-0.1, -0.05) is 82.5 Å². The Balaban J connectivity index is 1.42. The number of hydrogen-bond donors (Lipinski definition) is 2. The van der Waals surface area contributed by atoms with Crippen LogP contribution in [-0.4, -0.2) is 41.1 Å². The Morgan fingerprint density at radius 1 is 1.02 bits per heavy atom. The van der Waals surface area contributed by atoms with Gasteiger partial charge in [0.2, 0.25) is 5.91 Å². The van der Waals surface area contributed by atoms with Gasteiger partial charge in [0.1, 0.15) is 11.8 Å². The maximum Gasteiger partial charge on any atom is 0.326 e. The number of nitrogens with one attached hydrogen (secondary N) is 1. The van der Waals surface area contributed by atoms with Crippen molar-refractivity contribution in [1.82, 2.24) is 10.2 Å². The third-order valence-corrected chi connectivity index (χ3v) is 10.7. The molecule has 0 unspecified atom stereocenters. The molecule has 0 radical (unpaired) electrons. The molecule has 4 aliphatic carbocycles. The van der Waals surface area contributed by atoms with Crippen molar-refractivity contribution in [2.45, 2.75) is 102 Å². The zero-order valence-corrected chi connectivity index (χ0v) is 25.1. The van der Waals surface area contributed by atoms with E-state index in [1.54, 1.807) is 7.11 Å². The third kappa shape index (κ3) is 4.96. The van der Waals surface area contributed by atoms with Crippen molar-refractivity contribution in [3.05, 3.63) is 65.2 Å². The summed E-state index contributed by atoms with van der Waals surface area (Å²) in [7, 11) is 1.70. The number of carboxylic acid groups (broad SMARTS) is 1. The average Bonchev–Trinajstić information content (AvgIpc) is 3.25. The van der Waals surface area contributed by atoms with E-state index in [2.05, 4.69) is 50.4 Å². The highest BCUT2D eigenvalue weighted by molar-refractivity contribution is 5.87. The molecule has 1 amide bonds. The zero-order valence-electron chi connectivity index (χ0n) is 25.1. The van der Waals surface area contributed by atoms with Crippen LogP contribution in [0.4, 0.5) is 0 Å². The normalized spacial score (nSPS) is 31.3. The van der Waals surface area contributed by atoms with Crippen LogP contribution in [0.1, 0.15) is 94.9 Å². The summed E-state index contributed by atoms with van der Waals surface area (Å²) in [6, 6.07) is 15.2. The first-order valence-corrected chi connectivity index (χ1v) is 15.6. The number of likely N-dealkylation sites (tertiary alicyclic amines) is 1. The summed E-state index contributed by atoms with van der Waals surface area (Å²) in [5.41, 5.74) is 3.30. The van der Waals surface area contributed by atoms with Crippen LogP contribution < -0.4 is 10.1 Å². The van der Waals surface area contributed by atoms with Crippen molar-refractivity contribution >= 4 is 11.9 Å². The fraction of sp³-hybridized carbons (Fsp3) is 0.600. The van der Waals surface area contributed by atoms with Crippen LogP contribution in [0.25, 0.3) is 0 Å². The number of hydrogen-bond acceptors (Lipinski definition) is 4. The fourth-order valence-corrected chi connectivity index (χ4v) is 8.56. The molecular formula is C35H46N2O4. The van der Waals surface area contributed by atoms with E-state index in [0.717, 1.165) is 68.2 Å². The number of carbonyl (C=O) groups excluding carboxylic acids is 1. The van der Waals surface area contributed by atoms with E-state index >= 15 is 0 Å². The molecule has 4 saturated carbocycles. The molecule has 2 aromatic rings. The highest BCUT2D eigenvalue weighted by Gasteiger charge is 2.69. The highest BCUT2D eigenvalue weighted by Crippen LogP contribution is 2.71. The summed E-state index contributed by atoms with van der Waals surface area (Å²) in [6.45, 7) is 7.17. The molecule has 2 aromatic carbocycles. The number of rotatable bonds is 8. The summed E-state index contributed by atoms with van der Waals surface area (Å²) in [5, 5.41) is 14.7. The zero-order chi connectivity index (χ0) is 28.9. The quantitative estimate of drug-likeness (QED) is 0.388. The molecule has 5 fully saturated rings. The number of carbonyl (C=O) groups is 2. The largest absolute Gasteiger partial charge is 0.496 e. The lowest BCUT2D eigenvalue weighted by atomic mass is 9.38. The maximum absolute atomic E-state index is 14.4. The number of carboxylic acids is 1. The van der Waals surface area contributed by atoms with Crippen molar-refractivity contribution < 1.29 is 19.4 Å². The van der Waals surface area contributed by atoms with Gasteiger partial charge in [-0.3, -0.25) is 4.79 Å². The van der Waals surface area contributed by atoms with Gasteiger partial charge in [-0.2, -0.15) is 0 Å². The van der Waals surface area contributed by atoms with Gasteiger partial charge in [-0.05, 0) is 66.0 Å². The van der Waals surface area contributed by atoms with Gasteiger partial charge in [0.25, 0.3) is 0 Å². The van der Waals surface area contributed by atoms with Crippen LogP contribution in [0.3, 0.4) is 0 Å². The Bertz CT molecular complexity index is 1260. The molecule has 41 heavy (non-hydrogen) atoms. The first-order valence-electron chi connectivity index (χ1n) is 15.6. The number of amides is 1. The van der Waals surface area contributed by atoms with Gasteiger partial charge in [0, 0.05) is 30.0 Å². The van der Waals surface area contributed by atoms with E-state index < -0.39 is 12.0 Å². The molecule has 6 heteroatoms. The van der Waals surface area contributed by atoms with E-state index in [-0.39, 0.29) is 40.7 Å². The van der Waals surface area contributed by atoms with Gasteiger partial charge in [0.05, 0.1) is 13.2 Å². The molecule has 0 aromatic heterocycles. The minimum absolute atomic E-state index is 0.00262. The minimum Gasteiger partial charge on any atom is -0.496 e. The van der Waals surface area contributed by atoms with Crippen LogP contribution in [-0.2, 0) is 21.5 Å². The van der Waals surface area contributed by atoms with Gasteiger partial charge in [-0.15, -0.1) is 0 Å². The highest BCUT2D eigenvalue weighted by atomic mass is 16.5. The third-order valence-electron chi connectivity index (χ3n) is 10.7. The predicted molar refractivity (Wildman–Crippen MR) is 160 cm³/mol. The molecule has 220 valence electrons. The number of ether oxygens (including phenoxy) is 1. The van der Waals surface area contributed by atoms with E-state index in [1.165, 1.54) is 5.56 Å². The predicted octanol–water partition coefficient (Wildman–Crippen LogP) is 6.48. The van der Waals surface area contributed by atoms with Crippen molar-refractivity contribution in [1.29, 1.82) is 0 Å². The second-order valence-electron chi connectivity index (χ2n) is 14.3. The smallest absolute Gasteiger partial charge is 0.326 e. The van der Waals surface area contributed by atoms with Gasteiger partial charge >= 0.3 is 5.97 Å². The van der Waals surface area contributed by atoms with E-state index in [0.29, 0.717) is 12.5 Å². The second-order valence-corrected chi connectivity index (χ2v) is 14.3. The number of nitrogens with zero attached hydrogens (tertiary/aromatic N) is 1. The summed E-state index contributed by atoms with van der Waals surface area (Å²) >= 11 is 0. The van der Waals surface area contributed by atoms with Crippen LogP contribution >= 0.6 is 0 Å². The van der Waals surface area contributed by atoms with Crippen LogP contribution in [0.15, 0.2) is 48.5 Å². The summed E-state index contributed by atoms with van der Waals surface area (Å²) in [4.78, 5) is 29.4. The van der Waals surface area contributed by atoms with Crippen molar-refractivity contribution in [2.24, 2.45) is 23.2 Å². The minimum atomic E-state index is -0.860. The van der Waals surface area contributed by atoms with E-state index in [4.69, 9.17) is 4.74 Å². The number of aliphatic carboxylic acids is 1. The molecule has 1 heterocycles. The molecule has 1 aliphatic heterocycles. The summed E-state index contributed by atoms with van der Waals surface area (Å²) in [6.07, 6.45) is 8.18. The SMILES string of the molecule is COc1ccc(C(C)(C)C)cc1CN[C@H]1[C@H](C23CC(C2)C3)[C@@H](C(=O)O)N(C(=O)C2CCCCC2)[C@H]1c1ccccc1. The van der Waals surface area contributed by atoms with Gasteiger partial charge < -0.3 is 20.1 Å². The molecular weight excluding hydrogens is 512 g/mol. The first-order chi connectivity index (χ1) is 19.6. The van der Waals surface area contributed by atoms with Crippen molar-refractivity contribution in [3.63, 3.8) is 0 Å². The van der Waals surface area contributed by atoms with E-state index in [1.807, 2.05) is 29.2 Å². The van der Waals surface area contributed by atoms with Crippen molar-refractivity contribution in [2.75, 3.05) is 7.11 Å². The van der Waals surface area contributed by atoms with Crippen LogP contribution in [0.5, 0.6) is 5.75 Å². The molecule has 1 saturated heterocycles. The number of methoxy groups -OCH3 is 1. The Kier molecular flexibility index (Phi) is 7.42. The lowest BCUT2D eigenvalue weighted by molar-refractivity contribution is -0.178. The molecule has 5 aliphatic rings. The Hall–Kier alpha value is -2.86. The Morgan fingerprint density at radius 3 is 2.27 bits per heavy atom. The monoisotopic (exact) mass is 558 g/mol. The average molecular weight is 559 g/mol. The molecule has 7 rings (SSSR count). The Labute approximate surface area is 244 Å². The maximum atomic E-state index is 14.4. The molecule has 0 spiro atoms. The standard InChI is InChI=1S/C35H46N2O4/c1-34(2,3)26-15-16-27(41-4)25(17-26)21-36-29-28(35-18-22(19-35)20-35)31(33(39)40)37(30(29)23-11-7-5-8-12-23)32(38)24-13-9-6-10-14-24/h5,7-8,11-12,15-17,22,24,28-31,36H,6,9-10,13-14,18-21H2,1-4H3,(H,39,40)/t22?,28-,29-,30-,31-,35?/m0/s1. The molecule has 4 atom stereocenters. The molecule has 2 bridgehead atoms. The molecule has 6 nitrogen and oxygen atoms in total. The number of benzene rings is 2. The van der Waals surface area contributed by atoms with Crippen LogP contribution in [0, 0.1) is 23.2 Å². The van der Waals surface area contributed by atoms with Gasteiger partial charge in [-0.25, -0.2) is 4.79 Å². The van der Waals surface area contributed by atoms with Crippen molar-refractivity contribution in [3.8, 4) is 5.75 Å². The lowest BCUT2D eigenvalue weighted by Gasteiger charge is -2.66.